The minimum atomic E-state index is -3.88. The van der Waals surface area contributed by atoms with E-state index in [1.54, 1.807) is 0 Å². The van der Waals surface area contributed by atoms with Crippen molar-refractivity contribution in [3.05, 3.63) is 23.2 Å². The third-order valence-corrected chi connectivity index (χ3v) is 7.42. The lowest BCUT2D eigenvalue weighted by Gasteiger charge is -2.23. The van der Waals surface area contributed by atoms with Crippen LogP contribution in [-0.2, 0) is 19.9 Å². The summed E-state index contributed by atoms with van der Waals surface area (Å²) in [4.78, 5) is -0.0655. The third-order valence-electron chi connectivity index (χ3n) is 3.51. The van der Waals surface area contributed by atoms with E-state index in [1.807, 2.05) is 0 Å². The van der Waals surface area contributed by atoms with Crippen molar-refractivity contribution in [2.24, 2.45) is 0 Å². The Labute approximate surface area is 129 Å². The molecule has 0 aromatic heterocycles. The molecule has 0 N–H and O–H groups in total. The minimum absolute atomic E-state index is 0.00417. The van der Waals surface area contributed by atoms with Gasteiger partial charge in [0.1, 0.15) is 10.6 Å². The molecule has 0 spiro atoms. The zero-order chi connectivity index (χ0) is 15.8. The molecular formula is C12H16ClNO5S2. The molecule has 1 fully saturated rings. The molecular weight excluding hydrogens is 338 g/mol. The lowest BCUT2D eigenvalue weighted by atomic mass is 10.3. The van der Waals surface area contributed by atoms with Crippen molar-refractivity contribution in [2.45, 2.75) is 17.4 Å². The quantitative estimate of drug-likeness (QED) is 0.811. The van der Waals surface area contributed by atoms with Gasteiger partial charge in [-0.15, -0.1) is 0 Å². The van der Waals surface area contributed by atoms with Crippen molar-refractivity contribution in [3.63, 3.8) is 0 Å². The van der Waals surface area contributed by atoms with Gasteiger partial charge in [0.2, 0.25) is 10.0 Å². The maximum absolute atomic E-state index is 12.7. The normalized spacial score (nSPS) is 21.6. The number of benzene rings is 1. The van der Waals surface area contributed by atoms with Gasteiger partial charge in [-0.2, -0.15) is 4.31 Å². The first kappa shape index (κ1) is 16.5. The second kappa shape index (κ2) is 5.75. The Kier molecular flexibility index (Phi) is 4.53. The molecule has 1 aromatic carbocycles. The zero-order valence-corrected chi connectivity index (χ0v) is 14.0. The van der Waals surface area contributed by atoms with Gasteiger partial charge in [0.25, 0.3) is 0 Å². The van der Waals surface area contributed by atoms with Crippen LogP contribution >= 0.6 is 11.6 Å². The van der Waals surface area contributed by atoms with Crippen molar-refractivity contribution in [1.29, 1.82) is 0 Å². The number of hydrogen-bond donors (Lipinski definition) is 0. The monoisotopic (exact) mass is 353 g/mol. The largest absolute Gasteiger partial charge is 0.495 e. The first-order valence-corrected chi connectivity index (χ1v) is 9.83. The third kappa shape index (κ3) is 3.33. The predicted octanol–water partition coefficient (Wildman–Crippen LogP) is 1.16. The van der Waals surface area contributed by atoms with E-state index in [2.05, 4.69) is 0 Å². The van der Waals surface area contributed by atoms with Crippen LogP contribution < -0.4 is 4.74 Å². The lowest BCUT2D eigenvalue weighted by molar-refractivity contribution is 0.380. The molecule has 2 rings (SSSR count). The molecule has 1 unspecified atom stereocenters. The van der Waals surface area contributed by atoms with Gasteiger partial charge in [0.05, 0.1) is 18.6 Å². The molecule has 1 aromatic rings. The Morgan fingerprint density at radius 3 is 2.57 bits per heavy atom. The number of methoxy groups -OCH3 is 1. The zero-order valence-electron chi connectivity index (χ0n) is 11.6. The molecule has 1 atom stereocenters. The molecule has 0 radical (unpaired) electrons. The van der Waals surface area contributed by atoms with E-state index in [1.165, 1.54) is 32.4 Å². The van der Waals surface area contributed by atoms with E-state index in [0.717, 1.165) is 4.31 Å². The molecule has 0 saturated carbocycles. The molecule has 1 saturated heterocycles. The summed E-state index contributed by atoms with van der Waals surface area (Å²) in [6.07, 6.45) is 0.293. The van der Waals surface area contributed by atoms with Gasteiger partial charge in [0, 0.05) is 18.1 Å². The van der Waals surface area contributed by atoms with E-state index in [-0.39, 0.29) is 27.2 Å². The van der Waals surface area contributed by atoms with Gasteiger partial charge in [0.15, 0.2) is 9.84 Å². The topological polar surface area (TPSA) is 80.8 Å². The molecule has 0 bridgehead atoms. The summed E-state index contributed by atoms with van der Waals surface area (Å²) in [6.45, 7) is 0. The highest BCUT2D eigenvalue weighted by Gasteiger charge is 2.37. The summed E-state index contributed by atoms with van der Waals surface area (Å²) in [5.74, 6) is 0.0163. The van der Waals surface area contributed by atoms with Crippen LogP contribution in [0.25, 0.3) is 0 Å². The first-order valence-electron chi connectivity index (χ1n) is 6.19. The Morgan fingerprint density at radius 2 is 2.05 bits per heavy atom. The molecule has 1 heterocycles. The number of ether oxygens (including phenoxy) is 1. The van der Waals surface area contributed by atoms with Crippen molar-refractivity contribution < 1.29 is 21.6 Å². The summed E-state index contributed by atoms with van der Waals surface area (Å²) in [7, 11) is -4.31. The number of halogens is 1. The second-order valence-corrected chi connectivity index (χ2v) is 9.50. The Bertz CT molecular complexity index is 745. The van der Waals surface area contributed by atoms with Crippen molar-refractivity contribution >= 4 is 31.5 Å². The Morgan fingerprint density at radius 1 is 1.38 bits per heavy atom. The molecule has 1 aliphatic heterocycles. The molecule has 0 amide bonds. The summed E-state index contributed by atoms with van der Waals surface area (Å²) >= 11 is 5.86. The maximum atomic E-state index is 12.7. The SMILES string of the molecule is COc1ccc(Cl)cc1S(=O)(=O)N(C)C1CCS(=O)(=O)C1. The molecule has 21 heavy (non-hydrogen) atoms. The predicted molar refractivity (Wildman–Crippen MR) is 80.0 cm³/mol. The Balaban J connectivity index is 2.40. The molecule has 0 aliphatic carbocycles. The molecule has 1 aliphatic rings. The molecule has 9 heteroatoms. The van der Waals surface area contributed by atoms with Gasteiger partial charge in [-0.25, -0.2) is 16.8 Å². The van der Waals surface area contributed by atoms with Gasteiger partial charge >= 0.3 is 0 Å². The van der Waals surface area contributed by atoms with Crippen LogP contribution in [0, 0.1) is 0 Å². The molecule has 6 nitrogen and oxygen atoms in total. The van der Waals surface area contributed by atoms with Crippen LogP contribution in [0.2, 0.25) is 5.02 Å². The van der Waals surface area contributed by atoms with Gasteiger partial charge in [-0.1, -0.05) is 11.6 Å². The van der Waals surface area contributed by atoms with Crippen LogP contribution in [0.5, 0.6) is 5.75 Å². The fourth-order valence-corrected chi connectivity index (χ4v) is 5.94. The number of nitrogens with zero attached hydrogens (tertiary/aromatic N) is 1. The van der Waals surface area contributed by atoms with Crippen LogP contribution in [0.3, 0.4) is 0 Å². The average molecular weight is 354 g/mol. The number of sulfonamides is 1. The van der Waals surface area contributed by atoms with Crippen LogP contribution in [0.1, 0.15) is 6.42 Å². The lowest BCUT2D eigenvalue weighted by Crippen LogP contribution is -2.37. The van der Waals surface area contributed by atoms with E-state index in [0.29, 0.717) is 6.42 Å². The van der Waals surface area contributed by atoms with Gasteiger partial charge < -0.3 is 4.74 Å². The van der Waals surface area contributed by atoms with Crippen LogP contribution in [-0.4, -0.2) is 52.8 Å². The Hall–Kier alpha value is -0.830. The fraction of sp³-hybridized carbons (Fsp3) is 0.500. The number of sulfone groups is 1. The maximum Gasteiger partial charge on any atom is 0.246 e. The van der Waals surface area contributed by atoms with Crippen LogP contribution in [0.15, 0.2) is 23.1 Å². The highest BCUT2D eigenvalue weighted by atomic mass is 35.5. The molecule has 118 valence electrons. The number of rotatable bonds is 4. The fourth-order valence-electron chi connectivity index (χ4n) is 2.27. The summed E-state index contributed by atoms with van der Waals surface area (Å²) < 4.78 is 54.5. The summed E-state index contributed by atoms with van der Waals surface area (Å²) in [5.41, 5.74) is 0. The van der Waals surface area contributed by atoms with E-state index >= 15 is 0 Å². The smallest absolute Gasteiger partial charge is 0.246 e. The van der Waals surface area contributed by atoms with Crippen molar-refractivity contribution in [1.82, 2.24) is 4.31 Å². The standard InChI is InChI=1S/C12H16ClNO5S2/c1-14(10-5-6-20(15,16)8-10)21(17,18)12-7-9(13)3-4-11(12)19-2/h3-4,7,10H,5-6,8H2,1-2H3. The van der Waals surface area contributed by atoms with Gasteiger partial charge in [-0.3, -0.25) is 0 Å². The van der Waals surface area contributed by atoms with Crippen molar-refractivity contribution in [3.8, 4) is 5.75 Å². The van der Waals surface area contributed by atoms with E-state index in [4.69, 9.17) is 16.3 Å². The second-order valence-electron chi connectivity index (χ2n) is 4.87. The summed E-state index contributed by atoms with van der Waals surface area (Å²) in [5, 5.41) is 0.266. The van der Waals surface area contributed by atoms with Gasteiger partial charge in [-0.05, 0) is 24.6 Å². The summed E-state index contributed by atoms with van der Waals surface area (Å²) in [6, 6.07) is 3.73. The average Bonchev–Trinajstić information content (AvgIpc) is 2.78. The van der Waals surface area contributed by atoms with E-state index in [9.17, 15) is 16.8 Å². The number of hydrogen-bond acceptors (Lipinski definition) is 5. The minimum Gasteiger partial charge on any atom is -0.495 e. The highest BCUT2D eigenvalue weighted by Crippen LogP contribution is 2.31. The van der Waals surface area contributed by atoms with E-state index < -0.39 is 25.9 Å². The first-order chi connectivity index (χ1) is 9.67. The van der Waals surface area contributed by atoms with Crippen LogP contribution in [0.4, 0.5) is 0 Å². The highest BCUT2D eigenvalue weighted by molar-refractivity contribution is 7.92. The van der Waals surface area contributed by atoms with Crippen molar-refractivity contribution in [2.75, 3.05) is 25.7 Å².